The summed E-state index contributed by atoms with van der Waals surface area (Å²) in [7, 11) is 3.29. The van der Waals surface area contributed by atoms with Crippen LogP contribution in [0.5, 0.6) is 17.2 Å². The summed E-state index contributed by atoms with van der Waals surface area (Å²) in [5.74, 6) is 2.35. The molecule has 1 aromatic heterocycles. The molecule has 46 heavy (non-hydrogen) atoms. The van der Waals surface area contributed by atoms with Gasteiger partial charge in [-0.05, 0) is 53.4 Å². The Kier molecular flexibility index (Phi) is 9.42. The Hall–Kier alpha value is -5.57. The van der Waals surface area contributed by atoms with E-state index in [-0.39, 0.29) is 11.3 Å². The summed E-state index contributed by atoms with van der Waals surface area (Å²) in [6.45, 7) is 8.15. The number of methoxy groups -OCH3 is 1. The fraction of sp³-hybridized carbons (Fsp3) is 0.216. The minimum absolute atomic E-state index is 0.0667. The van der Waals surface area contributed by atoms with Crippen LogP contribution >= 0.6 is 0 Å². The van der Waals surface area contributed by atoms with E-state index in [0.717, 1.165) is 27.6 Å². The van der Waals surface area contributed by atoms with Gasteiger partial charge < -0.3 is 30.3 Å². The molecule has 4 aromatic carbocycles. The number of ether oxygens (including phenoxy) is 2. The van der Waals surface area contributed by atoms with Gasteiger partial charge in [-0.15, -0.1) is 0 Å². The Morgan fingerprint density at radius 1 is 0.848 bits per heavy atom. The van der Waals surface area contributed by atoms with Crippen LogP contribution in [0.4, 0.5) is 27.7 Å². The average molecular weight is 618 g/mol. The lowest BCUT2D eigenvalue weighted by Gasteiger charge is -2.25. The number of hydrogen-bond donors (Lipinski definition) is 3. The van der Waals surface area contributed by atoms with Gasteiger partial charge in [-0.2, -0.15) is 0 Å². The highest BCUT2D eigenvalue weighted by Crippen LogP contribution is 2.38. The molecule has 0 fully saturated rings. The summed E-state index contributed by atoms with van der Waals surface area (Å²) >= 11 is 0. The number of carbonyl (C=O) groups excluding carboxylic acids is 2. The van der Waals surface area contributed by atoms with E-state index < -0.39 is 6.03 Å². The summed E-state index contributed by atoms with van der Waals surface area (Å²) in [6.07, 6.45) is 1.69. The van der Waals surface area contributed by atoms with Crippen molar-refractivity contribution in [1.82, 2.24) is 9.88 Å². The predicted octanol–water partition coefficient (Wildman–Crippen LogP) is 8.70. The summed E-state index contributed by atoms with van der Waals surface area (Å²) in [5, 5.41) is 10.9. The van der Waals surface area contributed by atoms with Gasteiger partial charge in [0.1, 0.15) is 23.1 Å². The molecule has 0 radical (unpaired) electrons. The largest absolute Gasteiger partial charge is 0.494 e. The maximum Gasteiger partial charge on any atom is 0.323 e. The molecule has 3 amide bonds. The molecule has 0 spiro atoms. The fourth-order valence-electron chi connectivity index (χ4n) is 5.02. The van der Waals surface area contributed by atoms with Crippen LogP contribution in [-0.2, 0) is 16.8 Å². The summed E-state index contributed by atoms with van der Waals surface area (Å²) < 4.78 is 12.1. The number of rotatable bonds is 9. The topological polar surface area (TPSA) is 105 Å². The second-order valence-electron chi connectivity index (χ2n) is 12.0. The smallest absolute Gasteiger partial charge is 0.323 e. The molecule has 0 aliphatic carbocycles. The lowest BCUT2D eigenvalue weighted by Crippen LogP contribution is -2.25. The zero-order valence-corrected chi connectivity index (χ0v) is 27.0. The van der Waals surface area contributed by atoms with Crippen molar-refractivity contribution >= 4 is 45.6 Å². The Morgan fingerprint density at radius 3 is 2.24 bits per heavy atom. The van der Waals surface area contributed by atoms with Gasteiger partial charge in [0.15, 0.2) is 0 Å². The monoisotopic (exact) mass is 617 g/mol. The van der Waals surface area contributed by atoms with E-state index in [9.17, 15) is 9.59 Å². The molecule has 0 saturated carbocycles. The Labute approximate surface area is 269 Å². The first-order chi connectivity index (χ1) is 22.0. The number of urea groups is 1. The van der Waals surface area contributed by atoms with E-state index in [0.29, 0.717) is 41.0 Å². The van der Waals surface area contributed by atoms with Gasteiger partial charge in [0, 0.05) is 54.8 Å². The van der Waals surface area contributed by atoms with Gasteiger partial charge in [-0.1, -0.05) is 63.2 Å². The minimum atomic E-state index is -0.431. The number of anilines is 4. The van der Waals surface area contributed by atoms with E-state index in [2.05, 4.69) is 41.7 Å². The summed E-state index contributed by atoms with van der Waals surface area (Å²) in [5.41, 5.74) is 3.65. The van der Waals surface area contributed by atoms with E-state index in [1.54, 1.807) is 31.3 Å². The third kappa shape index (κ3) is 7.55. The molecular formula is C37H39N5O4. The fourth-order valence-corrected chi connectivity index (χ4v) is 5.02. The molecule has 5 rings (SSSR count). The lowest BCUT2D eigenvalue weighted by atomic mass is 9.85. The highest BCUT2D eigenvalue weighted by Gasteiger charge is 2.22. The molecule has 0 unspecified atom stereocenters. The average Bonchev–Trinajstić information content (AvgIpc) is 3.02. The lowest BCUT2D eigenvalue weighted by molar-refractivity contribution is -0.128. The van der Waals surface area contributed by atoms with Crippen LogP contribution in [0.3, 0.4) is 0 Å². The van der Waals surface area contributed by atoms with Gasteiger partial charge in [0.05, 0.1) is 18.5 Å². The minimum Gasteiger partial charge on any atom is -0.494 e. The third-order valence-corrected chi connectivity index (χ3v) is 7.57. The zero-order chi connectivity index (χ0) is 32.8. The Morgan fingerprint density at radius 2 is 1.54 bits per heavy atom. The summed E-state index contributed by atoms with van der Waals surface area (Å²) in [4.78, 5) is 31.5. The number of fused-ring (bicyclic) bond motifs is 1. The number of amides is 3. The number of benzene rings is 4. The number of para-hydroxylation sites is 1. The number of nitrogens with zero attached hydrogens (tertiary/aromatic N) is 2. The van der Waals surface area contributed by atoms with Crippen LogP contribution in [0.25, 0.3) is 10.8 Å². The highest BCUT2D eigenvalue weighted by molar-refractivity contribution is 6.08. The second kappa shape index (κ2) is 13.6. The van der Waals surface area contributed by atoms with Crippen molar-refractivity contribution in [3.05, 3.63) is 108 Å². The molecule has 0 aliphatic rings. The maximum absolute atomic E-state index is 13.5. The van der Waals surface area contributed by atoms with Crippen molar-refractivity contribution < 1.29 is 19.1 Å². The third-order valence-electron chi connectivity index (χ3n) is 7.57. The molecule has 3 N–H and O–H groups in total. The van der Waals surface area contributed by atoms with E-state index >= 15 is 0 Å². The van der Waals surface area contributed by atoms with E-state index in [1.165, 1.54) is 6.92 Å². The number of aromatic nitrogens is 1. The van der Waals surface area contributed by atoms with Crippen LogP contribution in [0.15, 0.2) is 97.2 Å². The Balaban J connectivity index is 1.39. The van der Waals surface area contributed by atoms with Crippen LogP contribution in [0.2, 0.25) is 0 Å². The zero-order valence-electron chi connectivity index (χ0n) is 27.0. The molecular weight excluding hydrogens is 578 g/mol. The van der Waals surface area contributed by atoms with Gasteiger partial charge >= 0.3 is 6.03 Å². The molecule has 1 heterocycles. The van der Waals surface area contributed by atoms with Gasteiger partial charge in [0.25, 0.3) is 0 Å². The molecule has 0 saturated heterocycles. The normalized spacial score (nSPS) is 11.1. The van der Waals surface area contributed by atoms with Crippen LogP contribution < -0.4 is 25.4 Å². The number of hydrogen-bond acceptors (Lipinski definition) is 6. The number of carbonyl (C=O) groups is 2. The Bertz CT molecular complexity index is 1870. The van der Waals surface area contributed by atoms with Crippen LogP contribution in [0.1, 0.15) is 38.8 Å². The molecule has 0 atom stereocenters. The van der Waals surface area contributed by atoms with Gasteiger partial charge in [-0.25, -0.2) is 9.78 Å². The molecule has 9 nitrogen and oxygen atoms in total. The molecule has 0 bridgehead atoms. The SMILES string of the molecule is COc1c(CN(C)C(C)=O)cc(C(C)(C)C)cc1NC(=O)Nc1ccc(Oc2ccnc(Nc3ccccc3)c2)c2ccccc12. The maximum atomic E-state index is 13.5. The molecule has 9 heteroatoms. The number of pyridine rings is 1. The molecule has 5 aromatic rings. The van der Waals surface area contributed by atoms with Crippen molar-refractivity contribution in [2.24, 2.45) is 0 Å². The molecule has 236 valence electrons. The van der Waals surface area contributed by atoms with E-state index in [4.69, 9.17) is 9.47 Å². The van der Waals surface area contributed by atoms with Crippen molar-refractivity contribution in [1.29, 1.82) is 0 Å². The number of nitrogens with one attached hydrogen (secondary N) is 3. The standard InChI is InChI=1S/C37H39N5O4/c1-24(43)42(5)23-25-20-26(37(2,3)4)21-32(35(25)45-6)41-36(44)40-31-16-17-33(30-15-11-10-14-29(30)31)46-28-18-19-38-34(22-28)39-27-12-8-7-9-13-27/h7-22H,23H2,1-6H3,(H,38,39)(H2,40,41,44). The molecule has 0 aliphatic heterocycles. The van der Waals surface area contributed by atoms with Crippen molar-refractivity contribution in [3.8, 4) is 17.2 Å². The first kappa shape index (κ1) is 31.8. The quantitative estimate of drug-likeness (QED) is 0.153. The van der Waals surface area contributed by atoms with E-state index in [1.807, 2.05) is 84.9 Å². The summed E-state index contributed by atoms with van der Waals surface area (Å²) in [6, 6.07) is 28.3. The van der Waals surface area contributed by atoms with Crippen molar-refractivity contribution in [3.63, 3.8) is 0 Å². The first-order valence-electron chi connectivity index (χ1n) is 15.0. The van der Waals surface area contributed by atoms with Crippen LogP contribution in [0, 0.1) is 0 Å². The van der Waals surface area contributed by atoms with Gasteiger partial charge in [0.2, 0.25) is 5.91 Å². The van der Waals surface area contributed by atoms with Crippen molar-refractivity contribution in [2.75, 3.05) is 30.1 Å². The first-order valence-corrected chi connectivity index (χ1v) is 15.0. The highest BCUT2D eigenvalue weighted by atomic mass is 16.5. The second-order valence-corrected chi connectivity index (χ2v) is 12.0. The van der Waals surface area contributed by atoms with Crippen molar-refractivity contribution in [2.45, 2.75) is 39.7 Å². The van der Waals surface area contributed by atoms with Gasteiger partial charge in [-0.3, -0.25) is 4.79 Å². The predicted molar refractivity (Wildman–Crippen MR) is 184 cm³/mol. The van der Waals surface area contributed by atoms with Crippen LogP contribution in [-0.4, -0.2) is 36.0 Å².